The van der Waals surface area contributed by atoms with Crippen LogP contribution in [0.2, 0.25) is 5.02 Å². The number of fused-ring (bicyclic) bond motifs is 1. The summed E-state index contributed by atoms with van der Waals surface area (Å²) in [4.78, 5) is 32.9. The molecule has 188 valence electrons. The van der Waals surface area contributed by atoms with Crippen molar-refractivity contribution in [3.8, 4) is 5.75 Å². The molecule has 1 amide bonds. The number of aliphatic hydroxyl groups is 1. The number of anilines is 1. The van der Waals surface area contributed by atoms with E-state index in [0.717, 1.165) is 28.6 Å². The van der Waals surface area contributed by atoms with Crippen LogP contribution in [0.3, 0.4) is 0 Å². The van der Waals surface area contributed by atoms with Crippen LogP contribution in [0.25, 0.3) is 16.0 Å². The highest BCUT2D eigenvalue weighted by molar-refractivity contribution is 7.22. The summed E-state index contributed by atoms with van der Waals surface area (Å²) in [5.74, 6) is -1.07. The number of rotatable bonds is 7. The summed E-state index contributed by atoms with van der Waals surface area (Å²) in [6.45, 7) is 4.69. The quantitative estimate of drug-likeness (QED) is 0.159. The second-order valence-corrected chi connectivity index (χ2v) is 10.2. The van der Waals surface area contributed by atoms with Gasteiger partial charge in [-0.05, 0) is 72.5 Å². The van der Waals surface area contributed by atoms with E-state index in [4.69, 9.17) is 21.3 Å². The van der Waals surface area contributed by atoms with E-state index >= 15 is 0 Å². The Hall–Kier alpha value is -3.68. The third-order valence-electron chi connectivity index (χ3n) is 6.29. The number of benzene rings is 3. The summed E-state index contributed by atoms with van der Waals surface area (Å²) in [5, 5.41) is 12.2. The smallest absolute Gasteiger partial charge is 0.301 e. The minimum Gasteiger partial charge on any atom is -0.507 e. The van der Waals surface area contributed by atoms with Crippen LogP contribution in [-0.2, 0) is 16.0 Å². The van der Waals surface area contributed by atoms with Crippen LogP contribution in [0.4, 0.5) is 5.13 Å². The Morgan fingerprint density at radius 3 is 2.46 bits per heavy atom. The Morgan fingerprint density at radius 2 is 1.78 bits per heavy atom. The van der Waals surface area contributed by atoms with Crippen LogP contribution in [0.1, 0.15) is 43.0 Å². The minimum absolute atomic E-state index is 0.00283. The van der Waals surface area contributed by atoms with Crippen LogP contribution >= 0.6 is 22.9 Å². The lowest BCUT2D eigenvalue weighted by atomic mass is 9.95. The molecule has 6 nitrogen and oxygen atoms in total. The number of aromatic nitrogens is 1. The highest BCUT2D eigenvalue weighted by atomic mass is 35.5. The number of hydrogen-bond acceptors (Lipinski definition) is 6. The van der Waals surface area contributed by atoms with Gasteiger partial charge in [0.05, 0.1) is 28.4 Å². The number of halogens is 1. The van der Waals surface area contributed by atoms with E-state index in [0.29, 0.717) is 33.6 Å². The molecule has 0 spiro atoms. The fourth-order valence-corrected chi connectivity index (χ4v) is 5.54. The Balaban J connectivity index is 1.66. The van der Waals surface area contributed by atoms with Gasteiger partial charge in [0.2, 0.25) is 0 Å². The number of aliphatic hydroxyl groups excluding tert-OH is 1. The fraction of sp³-hybridized carbons (Fsp3) is 0.207. The molecule has 8 heteroatoms. The zero-order chi connectivity index (χ0) is 26.1. The number of ketones is 1. The number of nitrogens with zero attached hydrogens (tertiary/aromatic N) is 2. The molecule has 0 saturated carbocycles. The van der Waals surface area contributed by atoms with Crippen LogP contribution in [0.15, 0.2) is 72.3 Å². The molecule has 1 N–H and O–H groups in total. The average Bonchev–Trinajstić information content (AvgIpc) is 3.45. The maximum Gasteiger partial charge on any atom is 0.301 e. The third-order valence-corrected chi connectivity index (χ3v) is 7.56. The predicted molar refractivity (Wildman–Crippen MR) is 147 cm³/mol. The lowest BCUT2D eigenvalue weighted by Gasteiger charge is -2.23. The average molecular weight is 533 g/mol. The molecule has 1 atom stereocenters. The summed E-state index contributed by atoms with van der Waals surface area (Å²) >= 11 is 7.37. The van der Waals surface area contributed by atoms with Gasteiger partial charge in [0, 0.05) is 10.6 Å². The zero-order valence-corrected chi connectivity index (χ0v) is 22.0. The normalized spacial score (nSPS) is 17.1. The van der Waals surface area contributed by atoms with E-state index in [1.807, 2.05) is 31.2 Å². The molecule has 3 aromatic carbocycles. The Labute approximate surface area is 223 Å². The van der Waals surface area contributed by atoms with Gasteiger partial charge >= 0.3 is 5.91 Å². The maximum absolute atomic E-state index is 13.4. The number of thiazole rings is 1. The topological polar surface area (TPSA) is 79.7 Å². The Morgan fingerprint density at radius 1 is 1.05 bits per heavy atom. The molecule has 1 aliphatic heterocycles. The van der Waals surface area contributed by atoms with Gasteiger partial charge in [0.1, 0.15) is 11.5 Å². The first-order chi connectivity index (χ1) is 17.9. The van der Waals surface area contributed by atoms with Gasteiger partial charge in [-0.1, -0.05) is 55.0 Å². The lowest BCUT2D eigenvalue weighted by Crippen LogP contribution is -2.29. The first kappa shape index (κ1) is 25.0. The molecule has 0 aliphatic carbocycles. The summed E-state index contributed by atoms with van der Waals surface area (Å²) in [6.07, 6.45) is 1.75. The second-order valence-electron chi connectivity index (χ2n) is 8.75. The summed E-state index contributed by atoms with van der Waals surface area (Å²) in [7, 11) is 0. The summed E-state index contributed by atoms with van der Waals surface area (Å²) < 4.78 is 6.64. The van der Waals surface area contributed by atoms with Gasteiger partial charge in [-0.15, -0.1) is 0 Å². The molecule has 4 aromatic rings. The SMILES string of the molecule is CCCOc1ccc(C2C(=C(O)c3ccc(Cl)cc3)C(=O)C(=O)N2c2nc3ccc(CC)cc3s2)cc1. The Kier molecular flexibility index (Phi) is 7.00. The summed E-state index contributed by atoms with van der Waals surface area (Å²) in [6, 6.07) is 18.8. The second kappa shape index (κ2) is 10.4. The number of hydrogen-bond donors (Lipinski definition) is 1. The summed E-state index contributed by atoms with van der Waals surface area (Å²) in [5.41, 5.74) is 2.97. The van der Waals surface area contributed by atoms with Crippen molar-refractivity contribution in [2.24, 2.45) is 0 Å². The number of aryl methyl sites for hydroxylation is 1. The minimum atomic E-state index is -0.859. The number of carbonyl (C=O) groups excluding carboxylic acids is 2. The fourth-order valence-electron chi connectivity index (χ4n) is 4.35. The first-order valence-corrected chi connectivity index (χ1v) is 13.3. The molecule has 2 heterocycles. The van der Waals surface area contributed by atoms with Crippen LogP contribution in [0.5, 0.6) is 5.75 Å². The van der Waals surface area contributed by atoms with Gasteiger partial charge in [-0.2, -0.15) is 0 Å². The number of amides is 1. The molecule has 1 unspecified atom stereocenters. The monoisotopic (exact) mass is 532 g/mol. The highest BCUT2D eigenvalue weighted by Gasteiger charge is 2.48. The van der Waals surface area contributed by atoms with Crippen molar-refractivity contribution in [2.45, 2.75) is 32.7 Å². The van der Waals surface area contributed by atoms with E-state index < -0.39 is 17.7 Å². The molecule has 1 aliphatic rings. The van der Waals surface area contributed by atoms with Gasteiger partial charge in [0.25, 0.3) is 5.78 Å². The van der Waals surface area contributed by atoms with Crippen LogP contribution < -0.4 is 9.64 Å². The van der Waals surface area contributed by atoms with Gasteiger partial charge in [0.15, 0.2) is 5.13 Å². The molecule has 1 fully saturated rings. The molecular weight excluding hydrogens is 508 g/mol. The number of carbonyl (C=O) groups is 2. The van der Waals surface area contributed by atoms with Crippen molar-refractivity contribution in [1.82, 2.24) is 4.98 Å². The molecule has 5 rings (SSSR count). The van der Waals surface area contributed by atoms with Crippen molar-refractivity contribution in [3.63, 3.8) is 0 Å². The van der Waals surface area contributed by atoms with E-state index in [1.165, 1.54) is 16.2 Å². The van der Waals surface area contributed by atoms with Gasteiger partial charge < -0.3 is 9.84 Å². The van der Waals surface area contributed by atoms with Crippen LogP contribution in [0, 0.1) is 0 Å². The van der Waals surface area contributed by atoms with Crippen molar-refractivity contribution in [1.29, 1.82) is 0 Å². The van der Waals surface area contributed by atoms with Crippen molar-refractivity contribution in [2.75, 3.05) is 11.5 Å². The standard InChI is InChI=1S/C29H25ClN2O4S/c1-3-15-36-21-12-8-18(9-13-21)25-24(26(33)19-6-10-20(30)11-7-19)27(34)28(35)32(25)29-31-22-14-5-17(4-2)16-23(22)37-29/h5-14,16,25,33H,3-4,15H2,1-2H3. The van der Waals surface area contributed by atoms with E-state index in [1.54, 1.807) is 36.4 Å². The van der Waals surface area contributed by atoms with E-state index in [-0.39, 0.29) is 11.3 Å². The predicted octanol–water partition coefficient (Wildman–Crippen LogP) is 6.93. The first-order valence-electron chi connectivity index (χ1n) is 12.1. The van der Waals surface area contributed by atoms with Crippen molar-refractivity contribution < 1.29 is 19.4 Å². The molecule has 0 radical (unpaired) electrons. The van der Waals surface area contributed by atoms with Gasteiger partial charge in [-0.25, -0.2) is 4.98 Å². The largest absolute Gasteiger partial charge is 0.507 e. The van der Waals surface area contributed by atoms with E-state index in [9.17, 15) is 14.7 Å². The van der Waals surface area contributed by atoms with Crippen LogP contribution in [-0.4, -0.2) is 28.4 Å². The van der Waals surface area contributed by atoms with Gasteiger partial charge in [-0.3, -0.25) is 14.5 Å². The molecule has 1 aromatic heterocycles. The number of ether oxygens (including phenoxy) is 1. The Bertz CT molecular complexity index is 1510. The number of Topliss-reactive ketones (excluding diaryl/α,β-unsaturated/α-hetero) is 1. The molecule has 1 saturated heterocycles. The molecule has 0 bridgehead atoms. The lowest BCUT2D eigenvalue weighted by molar-refractivity contribution is -0.132. The van der Waals surface area contributed by atoms with Crippen molar-refractivity contribution in [3.05, 3.63) is 94.0 Å². The van der Waals surface area contributed by atoms with E-state index in [2.05, 4.69) is 13.0 Å². The maximum atomic E-state index is 13.4. The highest BCUT2D eigenvalue weighted by Crippen LogP contribution is 2.44. The zero-order valence-electron chi connectivity index (χ0n) is 20.4. The molecule has 37 heavy (non-hydrogen) atoms. The van der Waals surface area contributed by atoms with Crippen molar-refractivity contribution >= 4 is 55.7 Å². The third kappa shape index (κ3) is 4.72. The molecular formula is C29H25ClN2O4S.